The van der Waals surface area contributed by atoms with Gasteiger partial charge in [0.2, 0.25) is 5.71 Å². The third kappa shape index (κ3) is 1.53. The van der Waals surface area contributed by atoms with Gasteiger partial charge in [0.1, 0.15) is 5.58 Å². The van der Waals surface area contributed by atoms with Gasteiger partial charge in [0, 0.05) is 28.7 Å². The van der Waals surface area contributed by atoms with E-state index in [4.69, 9.17) is 4.42 Å². The van der Waals surface area contributed by atoms with Crippen LogP contribution in [0, 0.1) is 6.92 Å². The minimum Gasteiger partial charge on any atom is -0.437 e. The highest BCUT2D eigenvalue weighted by molar-refractivity contribution is 6.08. The van der Waals surface area contributed by atoms with E-state index in [1.165, 1.54) is 0 Å². The van der Waals surface area contributed by atoms with Crippen molar-refractivity contribution in [3.63, 3.8) is 0 Å². The number of pyridine rings is 2. The van der Waals surface area contributed by atoms with Crippen molar-refractivity contribution in [3.05, 3.63) is 60.4 Å². The Kier molecular flexibility index (Phi) is 2.33. The van der Waals surface area contributed by atoms with E-state index in [2.05, 4.69) is 29.0 Å². The Morgan fingerprint density at radius 3 is 2.55 bits per heavy atom. The molecule has 0 aliphatic rings. The molecule has 0 aliphatic heterocycles. The van der Waals surface area contributed by atoms with Crippen LogP contribution in [0.25, 0.3) is 33.3 Å². The van der Waals surface area contributed by atoms with Crippen molar-refractivity contribution in [1.82, 2.24) is 9.97 Å². The topological polar surface area (TPSA) is 38.9 Å². The van der Waals surface area contributed by atoms with E-state index in [-0.39, 0.29) is 0 Å². The second-order valence-electron chi connectivity index (χ2n) is 4.81. The summed E-state index contributed by atoms with van der Waals surface area (Å²) in [4.78, 5) is 8.78. The fourth-order valence-corrected chi connectivity index (χ4v) is 2.59. The van der Waals surface area contributed by atoms with Gasteiger partial charge >= 0.3 is 0 Å². The smallest absolute Gasteiger partial charge is 0.227 e. The Morgan fingerprint density at radius 1 is 0.850 bits per heavy atom. The van der Waals surface area contributed by atoms with E-state index in [1.807, 2.05) is 36.5 Å². The summed E-state index contributed by atoms with van der Waals surface area (Å²) in [6.45, 7) is 2.06. The molecular formula is C17H12N2O. The second kappa shape index (κ2) is 4.17. The molecule has 0 saturated heterocycles. The summed E-state index contributed by atoms with van der Waals surface area (Å²) in [5.74, 6) is 0. The zero-order chi connectivity index (χ0) is 13.5. The van der Waals surface area contributed by atoms with E-state index < -0.39 is 0 Å². The maximum absolute atomic E-state index is 5.94. The van der Waals surface area contributed by atoms with Crippen LogP contribution in [0.3, 0.4) is 0 Å². The zero-order valence-corrected chi connectivity index (χ0v) is 11.0. The Hall–Kier alpha value is -2.68. The molecule has 4 aromatic rings. The summed E-state index contributed by atoms with van der Waals surface area (Å²) < 4.78 is 5.94. The fraction of sp³-hybridized carbons (Fsp3) is 0.0588. The van der Waals surface area contributed by atoms with Crippen LogP contribution in [0.1, 0.15) is 5.56 Å². The summed E-state index contributed by atoms with van der Waals surface area (Å²) in [6, 6.07) is 14.1. The maximum atomic E-state index is 5.94. The highest BCUT2D eigenvalue weighted by atomic mass is 16.3. The van der Waals surface area contributed by atoms with Crippen molar-refractivity contribution >= 4 is 22.1 Å². The Balaban J connectivity index is 2.13. The minimum absolute atomic E-state index is 0.670. The average molecular weight is 260 g/mol. The van der Waals surface area contributed by atoms with E-state index in [0.717, 1.165) is 33.2 Å². The zero-order valence-electron chi connectivity index (χ0n) is 11.0. The Morgan fingerprint density at radius 2 is 1.65 bits per heavy atom. The molecule has 0 N–H and O–H groups in total. The van der Waals surface area contributed by atoms with Crippen molar-refractivity contribution in [1.29, 1.82) is 0 Å². The van der Waals surface area contributed by atoms with E-state index >= 15 is 0 Å². The fourth-order valence-electron chi connectivity index (χ4n) is 2.59. The highest BCUT2D eigenvalue weighted by Crippen LogP contribution is 2.34. The molecule has 0 spiro atoms. The largest absolute Gasteiger partial charge is 0.437 e. The van der Waals surface area contributed by atoms with Gasteiger partial charge in [-0.3, -0.25) is 4.98 Å². The highest BCUT2D eigenvalue weighted by Gasteiger charge is 2.13. The lowest BCUT2D eigenvalue weighted by Gasteiger charge is -2.04. The Bertz CT molecular complexity index is 924. The second-order valence-corrected chi connectivity index (χ2v) is 4.81. The monoisotopic (exact) mass is 260 g/mol. The lowest BCUT2D eigenvalue weighted by molar-refractivity contribution is 0.655. The van der Waals surface area contributed by atoms with Crippen LogP contribution in [0.5, 0.6) is 0 Å². The first-order valence-electron chi connectivity index (χ1n) is 6.53. The molecule has 0 saturated carbocycles. The number of hydrogen-bond acceptors (Lipinski definition) is 3. The third-order valence-corrected chi connectivity index (χ3v) is 3.54. The standard InChI is InChI=1S/C17H12N2O/c1-11-5-3-9-18-15(11)14-7-2-6-12-13-8-4-10-19-17(13)20-16(12)14/h2-10H,1H3. The van der Waals surface area contributed by atoms with Crippen molar-refractivity contribution in [2.75, 3.05) is 0 Å². The molecule has 0 unspecified atom stereocenters. The van der Waals surface area contributed by atoms with Gasteiger partial charge in [-0.05, 0) is 36.8 Å². The number of benzene rings is 1. The van der Waals surface area contributed by atoms with Crippen LogP contribution < -0.4 is 0 Å². The summed E-state index contributed by atoms with van der Waals surface area (Å²) in [5, 5.41) is 2.12. The summed E-state index contributed by atoms with van der Waals surface area (Å²) in [6.07, 6.45) is 3.55. The van der Waals surface area contributed by atoms with Gasteiger partial charge in [-0.25, -0.2) is 4.98 Å². The van der Waals surface area contributed by atoms with Crippen LogP contribution in [-0.4, -0.2) is 9.97 Å². The molecule has 20 heavy (non-hydrogen) atoms. The summed E-state index contributed by atoms with van der Waals surface area (Å²) >= 11 is 0. The molecule has 3 aromatic heterocycles. The average Bonchev–Trinajstić information content (AvgIpc) is 2.86. The third-order valence-electron chi connectivity index (χ3n) is 3.54. The number of furan rings is 1. The number of para-hydroxylation sites is 1. The Labute approximate surface area is 115 Å². The van der Waals surface area contributed by atoms with Gasteiger partial charge < -0.3 is 4.42 Å². The van der Waals surface area contributed by atoms with Gasteiger partial charge in [0.05, 0.1) is 5.69 Å². The predicted octanol–water partition coefficient (Wildman–Crippen LogP) is 4.35. The van der Waals surface area contributed by atoms with Gasteiger partial charge in [0.25, 0.3) is 0 Å². The van der Waals surface area contributed by atoms with Crippen molar-refractivity contribution in [2.24, 2.45) is 0 Å². The number of hydrogen-bond donors (Lipinski definition) is 0. The molecule has 3 nitrogen and oxygen atoms in total. The van der Waals surface area contributed by atoms with E-state index in [1.54, 1.807) is 6.20 Å². The number of aromatic nitrogens is 2. The SMILES string of the molecule is Cc1cccnc1-c1cccc2c1oc1ncccc12. The van der Waals surface area contributed by atoms with Crippen molar-refractivity contribution in [2.45, 2.75) is 6.92 Å². The van der Waals surface area contributed by atoms with Crippen LogP contribution in [0.2, 0.25) is 0 Å². The predicted molar refractivity (Wildman–Crippen MR) is 79.5 cm³/mol. The van der Waals surface area contributed by atoms with E-state index in [0.29, 0.717) is 5.71 Å². The molecule has 0 atom stereocenters. The molecule has 0 fully saturated rings. The summed E-state index contributed by atoms with van der Waals surface area (Å²) in [5.41, 5.74) is 4.62. The molecule has 4 rings (SSSR count). The quantitative estimate of drug-likeness (QED) is 0.510. The summed E-state index contributed by atoms with van der Waals surface area (Å²) in [7, 11) is 0. The molecule has 3 heteroatoms. The number of nitrogens with zero attached hydrogens (tertiary/aromatic N) is 2. The van der Waals surface area contributed by atoms with E-state index in [9.17, 15) is 0 Å². The normalized spacial score (nSPS) is 11.2. The molecular weight excluding hydrogens is 248 g/mol. The molecule has 0 aliphatic carbocycles. The minimum atomic E-state index is 0.670. The molecule has 0 bridgehead atoms. The molecule has 1 aromatic carbocycles. The van der Waals surface area contributed by atoms with Gasteiger partial charge in [-0.2, -0.15) is 0 Å². The first kappa shape index (κ1) is 11.2. The molecule has 96 valence electrons. The van der Waals surface area contributed by atoms with Gasteiger partial charge in [0.15, 0.2) is 0 Å². The molecule has 3 heterocycles. The lowest BCUT2D eigenvalue weighted by atomic mass is 10.0. The lowest BCUT2D eigenvalue weighted by Crippen LogP contribution is -1.87. The molecule has 0 radical (unpaired) electrons. The first-order chi connectivity index (χ1) is 9.84. The first-order valence-corrected chi connectivity index (χ1v) is 6.53. The van der Waals surface area contributed by atoms with Crippen molar-refractivity contribution in [3.8, 4) is 11.3 Å². The number of fused-ring (bicyclic) bond motifs is 3. The van der Waals surface area contributed by atoms with Gasteiger partial charge in [-0.1, -0.05) is 18.2 Å². The molecule has 0 amide bonds. The van der Waals surface area contributed by atoms with Crippen LogP contribution in [0.4, 0.5) is 0 Å². The van der Waals surface area contributed by atoms with Gasteiger partial charge in [-0.15, -0.1) is 0 Å². The van der Waals surface area contributed by atoms with Crippen LogP contribution in [0.15, 0.2) is 59.3 Å². The number of aryl methyl sites for hydroxylation is 1. The maximum Gasteiger partial charge on any atom is 0.227 e. The van der Waals surface area contributed by atoms with Crippen LogP contribution >= 0.6 is 0 Å². The number of rotatable bonds is 1. The van der Waals surface area contributed by atoms with Crippen LogP contribution in [-0.2, 0) is 0 Å². The van der Waals surface area contributed by atoms with Crippen molar-refractivity contribution < 1.29 is 4.42 Å².